The maximum Gasteiger partial charge on any atom is 0.226 e. The van der Waals surface area contributed by atoms with Gasteiger partial charge in [-0.15, -0.1) is 11.3 Å². The first-order chi connectivity index (χ1) is 15.3. The molecule has 0 aliphatic heterocycles. The second-order valence-electron chi connectivity index (χ2n) is 7.72. The number of nitrogens with zero attached hydrogens (tertiary/aromatic N) is 2. The zero-order chi connectivity index (χ0) is 21.2. The lowest BCUT2D eigenvalue weighted by Crippen LogP contribution is -2.08. The lowest BCUT2D eigenvalue weighted by atomic mass is 9.80. The van der Waals surface area contributed by atoms with Gasteiger partial charge in [-0.05, 0) is 36.0 Å². The van der Waals surface area contributed by atoms with E-state index in [1.54, 1.807) is 25.6 Å². The van der Waals surface area contributed by atoms with Gasteiger partial charge in [0, 0.05) is 11.6 Å². The fourth-order valence-corrected chi connectivity index (χ4v) is 5.04. The third kappa shape index (κ3) is 3.81. The largest absolute Gasteiger partial charge is 0.481 e. The fourth-order valence-electron chi connectivity index (χ4n) is 3.93. The van der Waals surface area contributed by atoms with Crippen LogP contribution >= 0.6 is 11.3 Å². The van der Waals surface area contributed by atoms with E-state index in [1.807, 2.05) is 18.2 Å². The monoisotopic (exact) mass is 428 g/mol. The molecule has 0 amide bonds. The van der Waals surface area contributed by atoms with Crippen molar-refractivity contribution in [3.8, 4) is 44.0 Å². The van der Waals surface area contributed by atoms with Crippen LogP contribution in [0, 0.1) is 0 Å². The number of ether oxygens (including phenoxy) is 2. The first-order valence-corrected chi connectivity index (χ1v) is 11.3. The van der Waals surface area contributed by atoms with Gasteiger partial charge in [-0.2, -0.15) is 4.98 Å². The van der Waals surface area contributed by atoms with Crippen LogP contribution in [-0.2, 0) is 0 Å². The molecule has 156 valence electrons. The molecule has 1 aliphatic rings. The highest BCUT2D eigenvalue weighted by Gasteiger charge is 2.21. The zero-order valence-electron chi connectivity index (χ0n) is 17.7. The van der Waals surface area contributed by atoms with Crippen LogP contribution in [0.15, 0.2) is 66.7 Å². The van der Waals surface area contributed by atoms with Crippen molar-refractivity contribution < 1.29 is 9.47 Å². The SMILES string of the molecule is COc1ccc(-c2nc(-c3ccc(C4CCC4)cc3)c(-c3ccccc3)s2)c(OC)n1. The Bertz CT molecular complexity index is 1180. The quantitative estimate of drug-likeness (QED) is 0.338. The molecule has 0 spiro atoms. The lowest BCUT2D eigenvalue weighted by Gasteiger charge is -2.25. The van der Waals surface area contributed by atoms with Crippen LogP contribution in [0.1, 0.15) is 30.7 Å². The van der Waals surface area contributed by atoms with Crippen molar-refractivity contribution in [3.63, 3.8) is 0 Å². The second-order valence-corrected chi connectivity index (χ2v) is 8.72. The number of methoxy groups -OCH3 is 2. The van der Waals surface area contributed by atoms with E-state index in [4.69, 9.17) is 14.5 Å². The summed E-state index contributed by atoms with van der Waals surface area (Å²) in [5, 5.41) is 0.879. The Hall–Kier alpha value is -3.18. The van der Waals surface area contributed by atoms with E-state index in [2.05, 4.69) is 53.5 Å². The Morgan fingerprint density at radius 2 is 1.58 bits per heavy atom. The Labute approximate surface area is 186 Å². The predicted octanol–water partition coefficient (Wildman–Crippen LogP) is 6.82. The van der Waals surface area contributed by atoms with E-state index in [-0.39, 0.29) is 0 Å². The van der Waals surface area contributed by atoms with Gasteiger partial charge in [0.05, 0.1) is 30.4 Å². The third-order valence-electron chi connectivity index (χ3n) is 5.89. The molecule has 31 heavy (non-hydrogen) atoms. The van der Waals surface area contributed by atoms with Crippen molar-refractivity contribution in [1.82, 2.24) is 9.97 Å². The molecule has 0 saturated heterocycles. The number of rotatable bonds is 6. The van der Waals surface area contributed by atoms with Gasteiger partial charge in [0.15, 0.2) is 0 Å². The molecular formula is C26H24N2O2S. The van der Waals surface area contributed by atoms with Crippen LogP contribution in [0.2, 0.25) is 0 Å². The van der Waals surface area contributed by atoms with E-state index in [0.717, 1.165) is 38.2 Å². The molecule has 1 fully saturated rings. The summed E-state index contributed by atoms with van der Waals surface area (Å²) in [5.41, 5.74) is 5.58. The summed E-state index contributed by atoms with van der Waals surface area (Å²) < 4.78 is 10.8. The summed E-state index contributed by atoms with van der Waals surface area (Å²) in [4.78, 5) is 10.6. The summed E-state index contributed by atoms with van der Waals surface area (Å²) in [6, 6.07) is 23.2. The zero-order valence-corrected chi connectivity index (χ0v) is 18.5. The van der Waals surface area contributed by atoms with Crippen molar-refractivity contribution >= 4 is 11.3 Å². The maximum atomic E-state index is 5.54. The van der Waals surface area contributed by atoms with E-state index >= 15 is 0 Å². The fraction of sp³-hybridized carbons (Fsp3) is 0.231. The molecule has 5 heteroatoms. The highest BCUT2D eigenvalue weighted by Crippen LogP contribution is 2.43. The van der Waals surface area contributed by atoms with Crippen molar-refractivity contribution in [2.75, 3.05) is 14.2 Å². The van der Waals surface area contributed by atoms with Crippen molar-refractivity contribution in [2.45, 2.75) is 25.2 Å². The van der Waals surface area contributed by atoms with Gasteiger partial charge < -0.3 is 9.47 Å². The predicted molar refractivity (Wildman–Crippen MR) is 126 cm³/mol. The van der Waals surface area contributed by atoms with Crippen LogP contribution in [0.3, 0.4) is 0 Å². The Balaban J connectivity index is 1.61. The highest BCUT2D eigenvalue weighted by molar-refractivity contribution is 7.19. The van der Waals surface area contributed by atoms with Crippen molar-refractivity contribution in [1.29, 1.82) is 0 Å². The average Bonchev–Trinajstić information content (AvgIpc) is 3.24. The van der Waals surface area contributed by atoms with Crippen molar-refractivity contribution in [2.24, 2.45) is 0 Å². The number of pyridine rings is 1. The number of thiazole rings is 1. The van der Waals surface area contributed by atoms with Crippen LogP contribution in [0.25, 0.3) is 32.3 Å². The van der Waals surface area contributed by atoms with E-state index in [1.165, 1.54) is 24.8 Å². The molecule has 1 aliphatic carbocycles. The second kappa shape index (κ2) is 8.52. The smallest absolute Gasteiger partial charge is 0.226 e. The summed E-state index contributed by atoms with van der Waals surface area (Å²) in [6.45, 7) is 0. The third-order valence-corrected chi connectivity index (χ3v) is 7.03. The molecule has 0 atom stereocenters. The summed E-state index contributed by atoms with van der Waals surface area (Å²) in [5.74, 6) is 1.76. The topological polar surface area (TPSA) is 44.2 Å². The van der Waals surface area contributed by atoms with Gasteiger partial charge in [0.1, 0.15) is 5.01 Å². The van der Waals surface area contributed by atoms with Gasteiger partial charge in [0.25, 0.3) is 0 Å². The molecule has 2 aromatic heterocycles. The van der Waals surface area contributed by atoms with Gasteiger partial charge in [-0.3, -0.25) is 0 Å². The summed E-state index contributed by atoms with van der Waals surface area (Å²) in [7, 11) is 3.22. The van der Waals surface area contributed by atoms with E-state index in [0.29, 0.717) is 11.8 Å². The molecule has 0 radical (unpaired) electrons. The van der Waals surface area contributed by atoms with Crippen LogP contribution in [0.4, 0.5) is 0 Å². The minimum absolute atomic E-state index is 0.514. The molecular weight excluding hydrogens is 404 g/mol. The number of aromatic nitrogens is 2. The molecule has 1 saturated carbocycles. The summed E-state index contributed by atoms with van der Waals surface area (Å²) in [6.07, 6.45) is 3.96. The molecule has 4 nitrogen and oxygen atoms in total. The Kier molecular flexibility index (Phi) is 5.43. The van der Waals surface area contributed by atoms with Crippen molar-refractivity contribution in [3.05, 3.63) is 72.3 Å². The standard InChI is InChI=1S/C26H24N2O2S/c1-29-22-16-15-21(25(27-22)30-2)26-28-23(24(31-26)20-7-4-3-5-8-20)19-13-11-18(12-14-19)17-9-6-10-17/h3-5,7-8,11-17H,6,9-10H2,1-2H3. The van der Waals surface area contributed by atoms with Gasteiger partial charge in [0.2, 0.25) is 11.8 Å². The minimum Gasteiger partial charge on any atom is -0.481 e. The first-order valence-electron chi connectivity index (χ1n) is 10.5. The minimum atomic E-state index is 0.514. The van der Waals surface area contributed by atoms with E-state index < -0.39 is 0 Å². The molecule has 2 heterocycles. The van der Waals surface area contributed by atoms with E-state index in [9.17, 15) is 0 Å². The average molecular weight is 429 g/mol. The Morgan fingerprint density at radius 1 is 0.806 bits per heavy atom. The molecule has 4 aromatic rings. The van der Waals surface area contributed by atoms with Crippen LogP contribution in [0.5, 0.6) is 11.8 Å². The maximum absolute atomic E-state index is 5.54. The lowest BCUT2D eigenvalue weighted by molar-refractivity contribution is 0.366. The molecule has 0 N–H and O–H groups in total. The summed E-state index contributed by atoms with van der Waals surface area (Å²) >= 11 is 1.66. The normalized spacial score (nSPS) is 13.6. The Morgan fingerprint density at radius 3 is 2.23 bits per heavy atom. The molecule has 0 bridgehead atoms. The van der Waals surface area contributed by atoms with Crippen LogP contribution in [-0.4, -0.2) is 24.2 Å². The molecule has 0 unspecified atom stereocenters. The van der Waals surface area contributed by atoms with Gasteiger partial charge in [-0.1, -0.05) is 61.0 Å². The highest BCUT2D eigenvalue weighted by atomic mass is 32.1. The molecule has 2 aromatic carbocycles. The molecule has 5 rings (SSSR count). The number of hydrogen-bond acceptors (Lipinski definition) is 5. The number of benzene rings is 2. The van der Waals surface area contributed by atoms with Gasteiger partial charge >= 0.3 is 0 Å². The number of hydrogen-bond donors (Lipinski definition) is 0. The first kappa shape index (κ1) is 19.8. The van der Waals surface area contributed by atoms with Crippen LogP contribution < -0.4 is 9.47 Å². The van der Waals surface area contributed by atoms with Gasteiger partial charge in [-0.25, -0.2) is 4.98 Å².